The van der Waals surface area contributed by atoms with Crippen molar-refractivity contribution in [3.8, 4) is 0 Å². The molecule has 1 aromatic carbocycles. The summed E-state index contributed by atoms with van der Waals surface area (Å²) < 4.78 is 0. The van der Waals surface area contributed by atoms with E-state index in [4.69, 9.17) is 11.6 Å². The van der Waals surface area contributed by atoms with Crippen LogP contribution in [0.4, 0.5) is 0 Å². The predicted octanol–water partition coefficient (Wildman–Crippen LogP) is 3.01. The lowest BCUT2D eigenvalue weighted by Gasteiger charge is -2.28. The average molecular weight is 345 g/mol. The van der Waals surface area contributed by atoms with Gasteiger partial charge in [0.15, 0.2) is 0 Å². The molecule has 5 nitrogen and oxygen atoms in total. The largest absolute Gasteiger partial charge is 0.349 e. The molecule has 1 aliphatic rings. The van der Waals surface area contributed by atoms with Gasteiger partial charge in [-0.2, -0.15) is 0 Å². The first kappa shape index (κ1) is 16.9. The van der Waals surface area contributed by atoms with E-state index in [0.29, 0.717) is 12.2 Å². The van der Waals surface area contributed by atoms with E-state index >= 15 is 0 Å². The van der Waals surface area contributed by atoms with E-state index < -0.39 is 0 Å². The summed E-state index contributed by atoms with van der Waals surface area (Å²) in [6, 6.07) is 7.91. The molecule has 0 unspecified atom stereocenters. The molecule has 1 saturated heterocycles. The van der Waals surface area contributed by atoms with Gasteiger partial charge in [0.25, 0.3) is 5.91 Å². The first-order valence-electron chi connectivity index (χ1n) is 8.20. The number of likely N-dealkylation sites (tertiary alicyclic amines) is 1. The molecule has 2 heterocycles. The number of hydrogen-bond acceptors (Lipinski definition) is 4. The summed E-state index contributed by atoms with van der Waals surface area (Å²) in [4.78, 5) is 23.0. The number of aryl methyl sites for hydroxylation is 1. The summed E-state index contributed by atoms with van der Waals surface area (Å²) in [5.74, 6) is -0.209. The topological polar surface area (TPSA) is 58.1 Å². The Labute approximate surface area is 147 Å². The Kier molecular flexibility index (Phi) is 5.43. The third-order valence-electron chi connectivity index (χ3n) is 4.32. The quantitative estimate of drug-likeness (QED) is 0.905. The Hall–Kier alpha value is -1.98. The summed E-state index contributed by atoms with van der Waals surface area (Å²) >= 11 is 6.39. The molecule has 0 bridgehead atoms. The average Bonchev–Trinajstić information content (AvgIpc) is 3.11. The maximum atomic E-state index is 12.3. The summed E-state index contributed by atoms with van der Waals surface area (Å²) in [7, 11) is 0. The number of aromatic nitrogens is 2. The van der Waals surface area contributed by atoms with Gasteiger partial charge in [-0.1, -0.05) is 29.8 Å². The van der Waals surface area contributed by atoms with Crippen molar-refractivity contribution in [2.24, 2.45) is 0 Å². The number of amides is 1. The number of hydrogen-bond donors (Lipinski definition) is 1. The Bertz CT molecular complexity index is 698. The molecule has 0 spiro atoms. The van der Waals surface area contributed by atoms with Crippen LogP contribution in [0.1, 0.15) is 40.6 Å². The van der Waals surface area contributed by atoms with Gasteiger partial charge in [0.05, 0.1) is 17.9 Å². The summed E-state index contributed by atoms with van der Waals surface area (Å²) in [6.45, 7) is 4.39. The predicted molar refractivity (Wildman–Crippen MR) is 94.1 cm³/mol. The molecule has 24 heavy (non-hydrogen) atoms. The number of nitrogens with zero attached hydrogens (tertiary/aromatic N) is 3. The highest BCUT2D eigenvalue weighted by atomic mass is 35.5. The molecule has 1 aliphatic heterocycles. The SMILES string of the molecule is Cc1cnc(C(=O)NC[C@@H](c2ccccc2Cl)N2CCCC2)cn1. The van der Waals surface area contributed by atoms with Gasteiger partial charge < -0.3 is 5.32 Å². The van der Waals surface area contributed by atoms with Crippen LogP contribution in [0.15, 0.2) is 36.7 Å². The van der Waals surface area contributed by atoms with Crippen LogP contribution < -0.4 is 5.32 Å². The van der Waals surface area contributed by atoms with Gasteiger partial charge in [-0.15, -0.1) is 0 Å². The number of carbonyl (C=O) groups excluding carboxylic acids is 1. The Morgan fingerprint density at radius 1 is 1.25 bits per heavy atom. The second-order valence-electron chi connectivity index (χ2n) is 6.03. The third-order valence-corrected chi connectivity index (χ3v) is 4.66. The molecule has 0 saturated carbocycles. The standard InChI is InChI=1S/C18H21ClN4O/c1-13-10-21-16(11-20-13)18(24)22-12-17(23-8-4-5-9-23)14-6-2-3-7-15(14)19/h2-3,6-7,10-11,17H,4-5,8-9,12H2,1H3,(H,22,24)/t17-/m0/s1. The Morgan fingerprint density at radius 3 is 2.67 bits per heavy atom. The van der Waals surface area contributed by atoms with Crippen molar-refractivity contribution in [3.63, 3.8) is 0 Å². The summed E-state index contributed by atoms with van der Waals surface area (Å²) in [6.07, 6.45) is 5.46. The molecule has 1 N–H and O–H groups in total. The fourth-order valence-corrected chi connectivity index (χ4v) is 3.29. The van der Waals surface area contributed by atoms with Crippen LogP contribution in [-0.4, -0.2) is 40.4 Å². The molecule has 1 aromatic heterocycles. The maximum Gasteiger partial charge on any atom is 0.271 e. The van der Waals surface area contributed by atoms with Crippen LogP contribution in [0.2, 0.25) is 5.02 Å². The molecule has 1 fully saturated rings. The van der Waals surface area contributed by atoms with Crippen LogP contribution in [0.25, 0.3) is 0 Å². The molecule has 1 atom stereocenters. The number of nitrogens with one attached hydrogen (secondary N) is 1. The molecule has 0 radical (unpaired) electrons. The fourth-order valence-electron chi connectivity index (χ4n) is 3.02. The maximum absolute atomic E-state index is 12.3. The molecule has 6 heteroatoms. The number of carbonyl (C=O) groups is 1. The first-order chi connectivity index (χ1) is 11.6. The van der Waals surface area contributed by atoms with E-state index in [1.54, 1.807) is 6.20 Å². The van der Waals surface area contributed by atoms with Gasteiger partial charge >= 0.3 is 0 Å². The number of rotatable bonds is 5. The lowest BCUT2D eigenvalue weighted by molar-refractivity contribution is 0.0932. The molecule has 3 rings (SSSR count). The van der Waals surface area contributed by atoms with Crippen LogP contribution in [0.3, 0.4) is 0 Å². The molecule has 126 valence electrons. The van der Waals surface area contributed by atoms with Gasteiger partial charge in [-0.25, -0.2) is 4.98 Å². The highest BCUT2D eigenvalue weighted by Crippen LogP contribution is 2.29. The highest BCUT2D eigenvalue weighted by molar-refractivity contribution is 6.31. The van der Waals surface area contributed by atoms with Crippen LogP contribution in [0, 0.1) is 6.92 Å². The van der Waals surface area contributed by atoms with Crippen LogP contribution >= 0.6 is 11.6 Å². The van der Waals surface area contributed by atoms with Gasteiger partial charge in [0, 0.05) is 17.8 Å². The summed E-state index contributed by atoms with van der Waals surface area (Å²) in [5.41, 5.74) is 2.17. The molecule has 1 amide bonds. The fraction of sp³-hybridized carbons (Fsp3) is 0.389. The van der Waals surface area contributed by atoms with E-state index in [-0.39, 0.29) is 11.9 Å². The van der Waals surface area contributed by atoms with Crippen molar-refractivity contribution >= 4 is 17.5 Å². The molecular weight excluding hydrogens is 324 g/mol. The van der Waals surface area contributed by atoms with E-state index in [0.717, 1.165) is 29.4 Å². The normalized spacial score (nSPS) is 16.1. The third kappa shape index (κ3) is 3.91. The zero-order valence-electron chi connectivity index (χ0n) is 13.7. The Morgan fingerprint density at radius 2 is 2.00 bits per heavy atom. The zero-order valence-corrected chi connectivity index (χ0v) is 14.5. The van der Waals surface area contributed by atoms with Gasteiger partial charge in [0.2, 0.25) is 0 Å². The van der Waals surface area contributed by atoms with E-state index in [2.05, 4.69) is 20.2 Å². The number of halogens is 1. The van der Waals surface area contributed by atoms with Gasteiger partial charge in [-0.05, 0) is 44.5 Å². The lowest BCUT2D eigenvalue weighted by Crippen LogP contribution is -2.37. The highest BCUT2D eigenvalue weighted by Gasteiger charge is 2.25. The second-order valence-corrected chi connectivity index (χ2v) is 6.44. The van der Waals surface area contributed by atoms with Gasteiger partial charge in [0.1, 0.15) is 5.69 Å². The second kappa shape index (κ2) is 7.73. The van der Waals surface area contributed by atoms with Crippen molar-refractivity contribution in [1.82, 2.24) is 20.2 Å². The number of benzene rings is 1. The van der Waals surface area contributed by atoms with Crippen molar-refractivity contribution in [2.45, 2.75) is 25.8 Å². The summed E-state index contributed by atoms with van der Waals surface area (Å²) in [5, 5.41) is 3.71. The van der Waals surface area contributed by atoms with E-state index in [1.807, 2.05) is 31.2 Å². The van der Waals surface area contributed by atoms with Crippen molar-refractivity contribution in [3.05, 3.63) is 58.6 Å². The van der Waals surface area contributed by atoms with Crippen LogP contribution in [-0.2, 0) is 0 Å². The molecular formula is C18H21ClN4O. The van der Waals surface area contributed by atoms with Gasteiger partial charge in [-0.3, -0.25) is 14.7 Å². The molecule has 2 aromatic rings. The van der Waals surface area contributed by atoms with Crippen LogP contribution in [0.5, 0.6) is 0 Å². The minimum Gasteiger partial charge on any atom is -0.349 e. The molecule has 0 aliphatic carbocycles. The van der Waals surface area contributed by atoms with E-state index in [9.17, 15) is 4.79 Å². The lowest BCUT2D eigenvalue weighted by atomic mass is 10.1. The minimum atomic E-state index is -0.209. The monoisotopic (exact) mass is 344 g/mol. The first-order valence-corrected chi connectivity index (χ1v) is 8.58. The zero-order chi connectivity index (χ0) is 16.9. The Balaban J connectivity index is 1.73. The van der Waals surface area contributed by atoms with Crippen molar-refractivity contribution in [2.75, 3.05) is 19.6 Å². The smallest absolute Gasteiger partial charge is 0.271 e. The van der Waals surface area contributed by atoms with E-state index in [1.165, 1.54) is 19.0 Å². The van der Waals surface area contributed by atoms with Crippen molar-refractivity contribution in [1.29, 1.82) is 0 Å². The van der Waals surface area contributed by atoms with Crippen molar-refractivity contribution < 1.29 is 4.79 Å². The minimum absolute atomic E-state index is 0.0727.